The molecule has 65 heavy (non-hydrogen) atoms. The van der Waals surface area contributed by atoms with E-state index in [4.69, 9.17) is 9.47 Å². The maximum atomic E-state index is 12.3. The smallest absolute Gasteiger partial charge is 0.306 e. The fourth-order valence-corrected chi connectivity index (χ4v) is 8.05. The van der Waals surface area contributed by atoms with Crippen LogP contribution in [-0.2, 0) is 19.1 Å². The van der Waals surface area contributed by atoms with Crippen molar-refractivity contribution in [1.82, 2.24) is 0 Å². The summed E-state index contributed by atoms with van der Waals surface area (Å²) in [6, 6.07) is 0. The second kappa shape index (κ2) is 55.7. The molecule has 0 heterocycles. The number of aliphatic hydroxyl groups excluding tert-OH is 1. The molecule has 0 aromatic rings. The van der Waals surface area contributed by atoms with Crippen molar-refractivity contribution >= 4 is 11.9 Å². The van der Waals surface area contributed by atoms with E-state index < -0.39 is 6.10 Å². The largest absolute Gasteiger partial charge is 0.462 e. The van der Waals surface area contributed by atoms with Crippen LogP contribution >= 0.6 is 0 Å². The fraction of sp³-hybridized carbons (Fsp3) is 0.767. The Hall–Kier alpha value is -2.66. The van der Waals surface area contributed by atoms with Gasteiger partial charge in [0, 0.05) is 12.8 Å². The van der Waals surface area contributed by atoms with E-state index in [1.807, 2.05) is 0 Å². The Kier molecular flexibility index (Phi) is 53.4. The zero-order valence-electron chi connectivity index (χ0n) is 43.0. The minimum Gasteiger partial charge on any atom is -0.462 e. The molecule has 1 unspecified atom stereocenters. The average molecular weight is 908 g/mol. The van der Waals surface area contributed by atoms with Crippen LogP contribution in [0.2, 0.25) is 0 Å². The molecule has 0 fully saturated rings. The molecule has 5 nitrogen and oxygen atoms in total. The van der Waals surface area contributed by atoms with Crippen molar-refractivity contribution in [2.75, 3.05) is 13.2 Å². The first kappa shape index (κ1) is 62.3. The van der Waals surface area contributed by atoms with Gasteiger partial charge in [-0.2, -0.15) is 0 Å². The Bertz CT molecular complexity index is 1160. The van der Waals surface area contributed by atoms with Crippen LogP contribution in [0.15, 0.2) is 72.9 Å². The van der Waals surface area contributed by atoms with Crippen LogP contribution in [0.5, 0.6) is 0 Å². The highest BCUT2D eigenvalue weighted by atomic mass is 16.6. The molecule has 0 aliphatic rings. The van der Waals surface area contributed by atoms with Crippen molar-refractivity contribution in [3.8, 4) is 0 Å². The van der Waals surface area contributed by atoms with Gasteiger partial charge in [-0.15, -0.1) is 0 Å². The predicted molar refractivity (Wildman–Crippen MR) is 283 cm³/mol. The average Bonchev–Trinajstić information content (AvgIpc) is 3.31. The number of hydrogen-bond donors (Lipinski definition) is 1. The van der Waals surface area contributed by atoms with Crippen LogP contribution in [0.25, 0.3) is 0 Å². The van der Waals surface area contributed by atoms with E-state index in [0.29, 0.717) is 12.8 Å². The van der Waals surface area contributed by atoms with E-state index in [1.165, 1.54) is 173 Å². The molecule has 0 amide bonds. The van der Waals surface area contributed by atoms with Crippen molar-refractivity contribution in [3.05, 3.63) is 72.9 Å². The molecule has 0 aliphatic carbocycles. The molecule has 1 atom stereocenters. The number of carbonyl (C=O) groups is 2. The Balaban J connectivity index is 3.40. The van der Waals surface area contributed by atoms with E-state index in [9.17, 15) is 14.7 Å². The SMILES string of the molecule is CC/C=C\C/C=C\C/C=C\C/C=C\C/C=C\CCCCCCCCCCCCCCCCCCCCCCCCCC(=O)OC(CO)COC(=O)CCCCCCC/C=C\CCCCC. The summed E-state index contributed by atoms with van der Waals surface area (Å²) < 4.78 is 10.7. The van der Waals surface area contributed by atoms with Gasteiger partial charge in [-0.3, -0.25) is 9.59 Å². The van der Waals surface area contributed by atoms with Crippen LogP contribution in [0, 0.1) is 0 Å². The molecular formula is C60H106O5. The quantitative estimate of drug-likeness (QED) is 0.0374. The maximum Gasteiger partial charge on any atom is 0.306 e. The van der Waals surface area contributed by atoms with Crippen molar-refractivity contribution in [1.29, 1.82) is 0 Å². The summed E-state index contributed by atoms with van der Waals surface area (Å²) in [4.78, 5) is 24.4. The van der Waals surface area contributed by atoms with Crippen LogP contribution in [0.4, 0.5) is 0 Å². The van der Waals surface area contributed by atoms with Crippen molar-refractivity contribution in [2.24, 2.45) is 0 Å². The molecule has 0 rings (SSSR count). The molecule has 0 aliphatic heterocycles. The van der Waals surface area contributed by atoms with E-state index in [1.54, 1.807) is 0 Å². The third kappa shape index (κ3) is 53.8. The summed E-state index contributed by atoms with van der Waals surface area (Å²) >= 11 is 0. The van der Waals surface area contributed by atoms with Crippen LogP contribution < -0.4 is 0 Å². The Morgan fingerprint density at radius 3 is 1.02 bits per heavy atom. The van der Waals surface area contributed by atoms with Gasteiger partial charge in [0.25, 0.3) is 0 Å². The highest BCUT2D eigenvalue weighted by Gasteiger charge is 2.16. The topological polar surface area (TPSA) is 72.8 Å². The van der Waals surface area contributed by atoms with E-state index >= 15 is 0 Å². The van der Waals surface area contributed by atoms with E-state index in [-0.39, 0.29) is 25.2 Å². The number of allylic oxidation sites excluding steroid dienone is 12. The molecule has 5 heteroatoms. The predicted octanol–water partition coefficient (Wildman–Crippen LogP) is 18.8. The van der Waals surface area contributed by atoms with Gasteiger partial charge in [-0.25, -0.2) is 0 Å². The number of rotatable bonds is 51. The lowest BCUT2D eigenvalue weighted by Gasteiger charge is -2.15. The molecule has 0 spiro atoms. The summed E-state index contributed by atoms with van der Waals surface area (Å²) in [5.41, 5.74) is 0. The van der Waals surface area contributed by atoms with E-state index in [0.717, 1.165) is 77.0 Å². The maximum absolute atomic E-state index is 12.3. The Morgan fingerprint density at radius 1 is 0.369 bits per heavy atom. The zero-order valence-corrected chi connectivity index (χ0v) is 43.0. The standard InChI is InChI=1S/C60H106O5/c1-3-5-7-9-11-13-15-17-18-19-20-21-22-23-24-25-26-27-28-29-30-31-32-33-34-35-36-37-38-39-40-41-42-43-45-47-49-51-53-55-60(63)65-58(56-61)57-64-59(62)54-52-50-48-46-44-16-14-12-10-8-6-4-2/h5,7,11-14,17-18,20-21,23-24,58,61H,3-4,6,8-10,15-16,19,22,25-57H2,1-2H3/b7-5-,13-11-,14-12-,18-17-,21-20-,24-23-. The van der Waals surface area contributed by atoms with Gasteiger partial charge in [0.15, 0.2) is 6.10 Å². The fourth-order valence-electron chi connectivity index (χ4n) is 8.05. The molecule has 0 saturated carbocycles. The van der Waals surface area contributed by atoms with E-state index in [2.05, 4.69) is 86.8 Å². The molecule has 0 saturated heterocycles. The summed E-state index contributed by atoms with van der Waals surface area (Å²) in [5, 5.41) is 9.61. The highest BCUT2D eigenvalue weighted by molar-refractivity contribution is 5.70. The molecular weight excluding hydrogens is 801 g/mol. The Morgan fingerprint density at radius 2 is 0.662 bits per heavy atom. The third-order valence-electron chi connectivity index (χ3n) is 12.2. The Labute approximate surface area is 403 Å². The minimum atomic E-state index is -0.773. The first-order chi connectivity index (χ1) is 32.1. The molecule has 0 aromatic carbocycles. The minimum absolute atomic E-state index is 0.0680. The molecule has 1 N–H and O–H groups in total. The highest BCUT2D eigenvalue weighted by Crippen LogP contribution is 2.17. The van der Waals surface area contributed by atoms with Gasteiger partial charge in [-0.1, -0.05) is 254 Å². The van der Waals surface area contributed by atoms with Gasteiger partial charge in [-0.05, 0) is 83.5 Å². The van der Waals surface area contributed by atoms with Gasteiger partial charge < -0.3 is 14.6 Å². The second-order valence-corrected chi connectivity index (χ2v) is 18.6. The lowest BCUT2D eigenvalue weighted by atomic mass is 10.0. The number of carbonyl (C=O) groups excluding carboxylic acids is 2. The van der Waals surface area contributed by atoms with Crippen molar-refractivity contribution < 1.29 is 24.2 Å². The second-order valence-electron chi connectivity index (χ2n) is 18.6. The lowest BCUT2D eigenvalue weighted by molar-refractivity contribution is -0.161. The number of ether oxygens (including phenoxy) is 2. The summed E-state index contributed by atoms with van der Waals surface area (Å²) in [7, 11) is 0. The van der Waals surface area contributed by atoms with Gasteiger partial charge in [0.2, 0.25) is 0 Å². The first-order valence-corrected chi connectivity index (χ1v) is 28.0. The number of aliphatic hydroxyl groups is 1. The van der Waals surface area contributed by atoms with Gasteiger partial charge in [0.1, 0.15) is 6.61 Å². The van der Waals surface area contributed by atoms with Gasteiger partial charge >= 0.3 is 11.9 Å². The number of esters is 2. The monoisotopic (exact) mass is 907 g/mol. The first-order valence-electron chi connectivity index (χ1n) is 28.0. The van der Waals surface area contributed by atoms with Crippen LogP contribution in [0.1, 0.15) is 277 Å². The number of hydrogen-bond acceptors (Lipinski definition) is 5. The molecule has 0 radical (unpaired) electrons. The zero-order chi connectivity index (χ0) is 47.0. The number of unbranched alkanes of at least 4 members (excludes halogenated alkanes) is 31. The summed E-state index contributed by atoms with van der Waals surface area (Å²) in [6.07, 6.45) is 76.1. The summed E-state index contributed by atoms with van der Waals surface area (Å²) in [6.45, 7) is 4.01. The molecule has 0 aromatic heterocycles. The third-order valence-corrected chi connectivity index (χ3v) is 12.2. The lowest BCUT2D eigenvalue weighted by Crippen LogP contribution is -2.28. The van der Waals surface area contributed by atoms with Gasteiger partial charge in [0.05, 0.1) is 6.61 Å². The molecule has 0 bridgehead atoms. The normalized spacial score (nSPS) is 12.7. The summed E-state index contributed by atoms with van der Waals surface area (Å²) in [5.74, 6) is -0.592. The van der Waals surface area contributed by atoms with Crippen LogP contribution in [-0.4, -0.2) is 36.4 Å². The van der Waals surface area contributed by atoms with Crippen LogP contribution in [0.3, 0.4) is 0 Å². The van der Waals surface area contributed by atoms with Crippen molar-refractivity contribution in [2.45, 2.75) is 283 Å². The van der Waals surface area contributed by atoms with Crippen molar-refractivity contribution in [3.63, 3.8) is 0 Å². The molecule has 376 valence electrons.